The molecule has 2 N–H and O–H groups in total. The minimum absolute atomic E-state index is 0.0567. The van der Waals surface area contributed by atoms with E-state index in [2.05, 4.69) is 20.4 Å². The van der Waals surface area contributed by atoms with Crippen LogP contribution in [-0.2, 0) is 16.1 Å². The van der Waals surface area contributed by atoms with Crippen LogP contribution in [0.1, 0.15) is 36.7 Å². The van der Waals surface area contributed by atoms with Gasteiger partial charge < -0.3 is 25.0 Å². The van der Waals surface area contributed by atoms with Crippen LogP contribution in [0.2, 0.25) is 0 Å². The predicted molar refractivity (Wildman–Crippen MR) is 147 cm³/mol. The summed E-state index contributed by atoms with van der Waals surface area (Å²) in [5.74, 6) is -1.14. The van der Waals surface area contributed by atoms with Crippen molar-refractivity contribution < 1.29 is 37.0 Å². The fourth-order valence-electron chi connectivity index (χ4n) is 3.88. The average molecular weight is 589 g/mol. The Balaban J connectivity index is 1.65. The molecule has 1 aromatic heterocycles. The number of amides is 3. The highest BCUT2D eigenvalue weighted by molar-refractivity contribution is 7.99. The standard InChI is InChI=1S/C28H27F3N4O5S/c1-27(2,3)40-26(38)34-21-16-41-23-11-8-18(24(36)33-19-5-4-12-32-14-19)13-22(23)35(25(21)37)15-17-6-9-20(10-7-17)39-28(29,30)31/h4-14,21H,15-16H2,1-3H3,(H,33,36)(H,34,38)/t21-/m0/s1. The highest BCUT2D eigenvalue weighted by Gasteiger charge is 2.34. The van der Waals surface area contributed by atoms with Crippen molar-refractivity contribution in [1.82, 2.24) is 10.3 Å². The van der Waals surface area contributed by atoms with Crippen molar-refractivity contribution in [3.05, 3.63) is 78.1 Å². The average Bonchev–Trinajstić information content (AvgIpc) is 3.00. The molecule has 0 fully saturated rings. The van der Waals surface area contributed by atoms with E-state index in [0.29, 0.717) is 21.8 Å². The summed E-state index contributed by atoms with van der Waals surface area (Å²) in [6.07, 6.45) is -2.55. The van der Waals surface area contributed by atoms with Crippen LogP contribution < -0.4 is 20.3 Å². The number of nitrogens with one attached hydrogen (secondary N) is 2. The van der Waals surface area contributed by atoms with Crippen molar-refractivity contribution in [2.24, 2.45) is 0 Å². The van der Waals surface area contributed by atoms with E-state index in [4.69, 9.17) is 4.74 Å². The number of halogens is 3. The van der Waals surface area contributed by atoms with Gasteiger partial charge >= 0.3 is 12.5 Å². The molecular weight excluding hydrogens is 561 g/mol. The molecule has 0 bridgehead atoms. The van der Waals surface area contributed by atoms with Crippen molar-refractivity contribution in [2.45, 2.75) is 50.2 Å². The molecule has 0 aliphatic carbocycles. The summed E-state index contributed by atoms with van der Waals surface area (Å²) in [7, 11) is 0. The molecule has 1 aliphatic heterocycles. The SMILES string of the molecule is CC(C)(C)OC(=O)N[C@H]1CSc2ccc(C(=O)Nc3cccnc3)cc2N(Cc2ccc(OC(F)(F)F)cc2)C1=O. The minimum atomic E-state index is -4.84. The quantitative estimate of drug-likeness (QED) is 0.377. The zero-order valence-corrected chi connectivity index (χ0v) is 23.1. The monoisotopic (exact) mass is 588 g/mol. The Morgan fingerprint density at radius 1 is 1.10 bits per heavy atom. The van der Waals surface area contributed by atoms with E-state index < -0.39 is 41.7 Å². The van der Waals surface area contributed by atoms with Crippen LogP contribution >= 0.6 is 11.8 Å². The predicted octanol–water partition coefficient (Wildman–Crippen LogP) is 5.76. The molecule has 216 valence electrons. The highest BCUT2D eigenvalue weighted by atomic mass is 32.2. The third-order valence-electron chi connectivity index (χ3n) is 5.59. The van der Waals surface area contributed by atoms with Crippen LogP contribution in [0, 0.1) is 0 Å². The lowest BCUT2D eigenvalue weighted by atomic mass is 10.1. The second kappa shape index (κ2) is 12.1. The lowest BCUT2D eigenvalue weighted by Crippen LogP contribution is -2.50. The van der Waals surface area contributed by atoms with Gasteiger partial charge in [0.25, 0.3) is 11.8 Å². The third kappa shape index (κ3) is 8.37. The first-order valence-electron chi connectivity index (χ1n) is 12.4. The normalized spacial score (nSPS) is 15.4. The van der Waals surface area contributed by atoms with Gasteiger partial charge in [0.1, 0.15) is 17.4 Å². The number of rotatable bonds is 6. The molecule has 0 unspecified atom stereocenters. The van der Waals surface area contributed by atoms with Crippen LogP contribution in [0.4, 0.5) is 29.3 Å². The Morgan fingerprint density at radius 3 is 2.46 bits per heavy atom. The van der Waals surface area contributed by atoms with Crippen LogP contribution in [-0.4, -0.2) is 46.6 Å². The summed E-state index contributed by atoms with van der Waals surface area (Å²) in [4.78, 5) is 45.3. The lowest BCUT2D eigenvalue weighted by Gasteiger charge is -2.27. The number of nitrogens with zero attached hydrogens (tertiary/aromatic N) is 2. The number of hydrogen-bond acceptors (Lipinski definition) is 7. The second-order valence-corrected chi connectivity index (χ2v) is 11.1. The third-order valence-corrected chi connectivity index (χ3v) is 6.75. The summed E-state index contributed by atoms with van der Waals surface area (Å²) >= 11 is 1.31. The number of aromatic nitrogens is 1. The van der Waals surface area contributed by atoms with Crippen molar-refractivity contribution in [1.29, 1.82) is 0 Å². The molecule has 13 heteroatoms. The highest BCUT2D eigenvalue weighted by Crippen LogP contribution is 2.37. The first-order valence-corrected chi connectivity index (χ1v) is 13.4. The fraction of sp³-hybridized carbons (Fsp3) is 0.286. The van der Waals surface area contributed by atoms with Gasteiger partial charge in [0.05, 0.1) is 24.1 Å². The van der Waals surface area contributed by atoms with Gasteiger partial charge in [-0.25, -0.2) is 4.79 Å². The number of alkyl carbamates (subject to hydrolysis) is 1. The molecule has 9 nitrogen and oxygen atoms in total. The number of benzene rings is 2. The van der Waals surface area contributed by atoms with Crippen LogP contribution in [0.3, 0.4) is 0 Å². The van der Waals surface area contributed by atoms with Gasteiger partial charge in [0.2, 0.25) is 0 Å². The summed E-state index contributed by atoms with van der Waals surface area (Å²) < 4.78 is 47.1. The summed E-state index contributed by atoms with van der Waals surface area (Å²) in [5.41, 5.74) is 0.857. The van der Waals surface area contributed by atoms with Crippen molar-refractivity contribution in [2.75, 3.05) is 16.0 Å². The van der Waals surface area contributed by atoms with E-state index in [1.54, 1.807) is 57.3 Å². The van der Waals surface area contributed by atoms with E-state index in [9.17, 15) is 27.6 Å². The molecule has 1 atom stereocenters. The Kier molecular flexibility index (Phi) is 8.76. The number of pyridine rings is 1. The van der Waals surface area contributed by atoms with Crippen LogP contribution in [0.25, 0.3) is 0 Å². The number of thioether (sulfide) groups is 1. The summed E-state index contributed by atoms with van der Waals surface area (Å²) in [6.45, 7) is 5.03. The van der Waals surface area contributed by atoms with E-state index in [-0.39, 0.29) is 17.9 Å². The van der Waals surface area contributed by atoms with Crippen molar-refractivity contribution in [3.63, 3.8) is 0 Å². The van der Waals surface area contributed by atoms with E-state index >= 15 is 0 Å². The number of carbonyl (C=O) groups excluding carboxylic acids is 3. The maximum absolute atomic E-state index is 13.8. The Morgan fingerprint density at radius 2 is 1.83 bits per heavy atom. The van der Waals surface area contributed by atoms with E-state index in [1.807, 2.05) is 0 Å². The smallest absolute Gasteiger partial charge is 0.444 e. The number of anilines is 2. The van der Waals surface area contributed by atoms with E-state index in [1.165, 1.54) is 35.0 Å². The van der Waals surface area contributed by atoms with Gasteiger partial charge in [-0.1, -0.05) is 12.1 Å². The molecule has 2 aromatic carbocycles. The first-order chi connectivity index (χ1) is 19.3. The zero-order chi connectivity index (χ0) is 29.8. The van der Waals surface area contributed by atoms with Crippen molar-refractivity contribution >= 4 is 41.0 Å². The van der Waals surface area contributed by atoms with Gasteiger partial charge in [0, 0.05) is 22.4 Å². The molecule has 3 amide bonds. The fourth-order valence-corrected chi connectivity index (χ4v) is 4.93. The number of fused-ring (bicyclic) bond motifs is 1. The number of hydrogen-bond donors (Lipinski definition) is 2. The lowest BCUT2D eigenvalue weighted by molar-refractivity contribution is -0.274. The molecule has 2 heterocycles. The zero-order valence-electron chi connectivity index (χ0n) is 22.3. The topological polar surface area (TPSA) is 110 Å². The summed E-state index contributed by atoms with van der Waals surface area (Å²) in [6, 6.07) is 12.4. The first kappa shape index (κ1) is 29.7. The maximum atomic E-state index is 13.8. The maximum Gasteiger partial charge on any atom is 0.573 e. The largest absolute Gasteiger partial charge is 0.573 e. The molecule has 1 aliphatic rings. The van der Waals surface area contributed by atoms with Crippen LogP contribution in [0.5, 0.6) is 5.75 Å². The molecular formula is C28H27F3N4O5S. The van der Waals surface area contributed by atoms with Gasteiger partial charge in [-0.2, -0.15) is 0 Å². The molecule has 3 aromatic rings. The number of alkyl halides is 3. The second-order valence-electron chi connectivity index (χ2n) is 10.0. The molecule has 4 rings (SSSR count). The minimum Gasteiger partial charge on any atom is -0.444 e. The van der Waals surface area contributed by atoms with Gasteiger partial charge in [-0.05, 0) is 68.8 Å². The molecule has 41 heavy (non-hydrogen) atoms. The van der Waals surface area contributed by atoms with Crippen LogP contribution in [0.15, 0.2) is 71.9 Å². The molecule has 0 saturated carbocycles. The van der Waals surface area contributed by atoms with E-state index in [0.717, 1.165) is 12.1 Å². The number of carbonyl (C=O) groups is 3. The van der Waals surface area contributed by atoms with Crippen molar-refractivity contribution in [3.8, 4) is 5.75 Å². The molecule has 0 saturated heterocycles. The Hall–Kier alpha value is -4.26. The molecule has 0 spiro atoms. The molecule has 0 radical (unpaired) electrons. The van der Waals surface area contributed by atoms with Gasteiger partial charge in [-0.15, -0.1) is 24.9 Å². The number of ether oxygens (including phenoxy) is 2. The Bertz CT molecular complexity index is 1410. The van der Waals surface area contributed by atoms with Gasteiger partial charge in [-0.3, -0.25) is 14.6 Å². The summed E-state index contributed by atoms with van der Waals surface area (Å²) in [5, 5.41) is 5.36. The Labute approximate surface area is 238 Å². The van der Waals surface area contributed by atoms with Gasteiger partial charge in [0.15, 0.2) is 0 Å².